The number of hydrogen-bond acceptors (Lipinski definition) is 3. The Kier molecular flexibility index (Phi) is 6.24. The number of nitrogens with zero attached hydrogens (tertiary/aromatic N) is 3. The topological polar surface area (TPSA) is 64.1 Å². The van der Waals surface area contributed by atoms with Crippen molar-refractivity contribution < 1.29 is 14.7 Å². The number of carbonyl (C=O) groups excluding carboxylic acids is 2. The van der Waals surface area contributed by atoms with E-state index >= 15 is 0 Å². The van der Waals surface area contributed by atoms with Crippen LogP contribution in [0.5, 0.6) is 0 Å². The molecule has 112 valence electrons. The summed E-state index contributed by atoms with van der Waals surface area (Å²) in [6, 6.07) is -0.903. The Morgan fingerprint density at radius 3 is 2.05 bits per heavy atom. The monoisotopic (exact) mass is 281 g/mol. The van der Waals surface area contributed by atoms with E-state index in [-0.39, 0.29) is 6.54 Å². The minimum Gasteiger partial charge on any atom is -0.356 e. The van der Waals surface area contributed by atoms with Crippen molar-refractivity contribution in [3.8, 4) is 0 Å². The molecule has 6 heteroatoms. The van der Waals surface area contributed by atoms with E-state index in [1.165, 1.54) is 9.80 Å². The van der Waals surface area contributed by atoms with Crippen LogP contribution >= 0.6 is 0 Å². The quantitative estimate of drug-likeness (QED) is 0.692. The van der Waals surface area contributed by atoms with E-state index in [1.54, 1.807) is 12.2 Å². The number of carbonyl (C=O) groups is 2. The molecule has 1 aliphatic rings. The molecule has 6 nitrogen and oxygen atoms in total. The van der Waals surface area contributed by atoms with Gasteiger partial charge in [-0.15, -0.1) is 13.2 Å². The van der Waals surface area contributed by atoms with Crippen LogP contribution in [0.25, 0.3) is 0 Å². The molecule has 4 amide bonds. The fraction of sp³-hybridized carbons (Fsp3) is 0.571. The van der Waals surface area contributed by atoms with Crippen molar-refractivity contribution >= 4 is 12.1 Å². The van der Waals surface area contributed by atoms with Crippen molar-refractivity contribution in [2.45, 2.75) is 32.5 Å². The van der Waals surface area contributed by atoms with Gasteiger partial charge >= 0.3 is 12.1 Å². The summed E-state index contributed by atoms with van der Waals surface area (Å²) in [6.45, 7) is 10.1. The number of rotatable bonds is 8. The van der Waals surface area contributed by atoms with E-state index in [4.69, 9.17) is 0 Å². The number of imide groups is 1. The Morgan fingerprint density at radius 1 is 1.05 bits per heavy atom. The molecule has 0 aromatic carbocycles. The molecule has 1 aliphatic heterocycles. The SMILES string of the molecule is C=CCCN1C(=O)N(CCC)C(O)N(CCC=C)C1=O. The summed E-state index contributed by atoms with van der Waals surface area (Å²) in [5, 5.41) is 10.2. The Labute approximate surface area is 119 Å². The van der Waals surface area contributed by atoms with Crippen molar-refractivity contribution in [1.29, 1.82) is 0 Å². The van der Waals surface area contributed by atoms with Crippen molar-refractivity contribution in [2.75, 3.05) is 19.6 Å². The first-order valence-electron chi connectivity index (χ1n) is 6.87. The van der Waals surface area contributed by atoms with E-state index < -0.39 is 18.4 Å². The van der Waals surface area contributed by atoms with Gasteiger partial charge in [-0.25, -0.2) is 14.5 Å². The second kappa shape index (κ2) is 7.69. The van der Waals surface area contributed by atoms with E-state index in [0.29, 0.717) is 32.4 Å². The van der Waals surface area contributed by atoms with Crippen LogP contribution in [0, 0.1) is 0 Å². The first-order chi connectivity index (χ1) is 9.58. The smallest absolute Gasteiger partial charge is 0.331 e. The highest BCUT2D eigenvalue weighted by Crippen LogP contribution is 2.19. The van der Waals surface area contributed by atoms with Crippen LogP contribution in [-0.2, 0) is 0 Å². The molecule has 1 saturated heterocycles. The highest BCUT2D eigenvalue weighted by molar-refractivity contribution is 5.96. The molecule has 0 aromatic heterocycles. The zero-order chi connectivity index (χ0) is 15.1. The van der Waals surface area contributed by atoms with Crippen LogP contribution in [0.3, 0.4) is 0 Å². The highest BCUT2D eigenvalue weighted by Gasteiger charge is 2.42. The molecule has 0 saturated carbocycles. The lowest BCUT2D eigenvalue weighted by Crippen LogP contribution is -2.66. The molecular weight excluding hydrogens is 258 g/mol. The normalized spacial score (nSPS) is 19.5. The average molecular weight is 281 g/mol. The summed E-state index contributed by atoms with van der Waals surface area (Å²) in [5.41, 5.74) is 0. The Bertz CT molecular complexity index is 384. The molecule has 0 aromatic rings. The lowest BCUT2D eigenvalue weighted by atomic mass is 10.3. The highest BCUT2D eigenvalue weighted by atomic mass is 16.3. The molecule has 1 N–H and O–H groups in total. The molecule has 1 unspecified atom stereocenters. The molecule has 1 heterocycles. The minimum atomic E-state index is -1.20. The summed E-state index contributed by atoms with van der Waals surface area (Å²) < 4.78 is 0. The maximum Gasteiger partial charge on any atom is 0.331 e. The minimum absolute atomic E-state index is 0.276. The summed E-state index contributed by atoms with van der Waals surface area (Å²) in [4.78, 5) is 28.3. The fourth-order valence-corrected chi connectivity index (χ4v) is 2.06. The lowest BCUT2D eigenvalue weighted by molar-refractivity contribution is -0.0920. The summed E-state index contributed by atoms with van der Waals surface area (Å²) >= 11 is 0. The van der Waals surface area contributed by atoms with Crippen molar-refractivity contribution in [1.82, 2.24) is 14.7 Å². The summed E-state index contributed by atoms with van der Waals surface area (Å²) in [7, 11) is 0. The maximum absolute atomic E-state index is 12.3. The van der Waals surface area contributed by atoms with Gasteiger partial charge in [-0.3, -0.25) is 9.80 Å². The zero-order valence-electron chi connectivity index (χ0n) is 12.0. The molecule has 1 atom stereocenters. The number of amides is 4. The number of aliphatic hydroxyl groups excluding tert-OH is 1. The van der Waals surface area contributed by atoms with E-state index in [1.807, 2.05) is 6.92 Å². The van der Waals surface area contributed by atoms with Gasteiger partial charge in [-0.2, -0.15) is 0 Å². The predicted molar refractivity (Wildman–Crippen MR) is 76.8 cm³/mol. The first-order valence-corrected chi connectivity index (χ1v) is 6.87. The van der Waals surface area contributed by atoms with E-state index in [9.17, 15) is 14.7 Å². The van der Waals surface area contributed by atoms with E-state index in [0.717, 1.165) is 4.90 Å². The molecule has 20 heavy (non-hydrogen) atoms. The third kappa shape index (κ3) is 3.39. The molecule has 0 bridgehead atoms. The summed E-state index contributed by atoms with van der Waals surface area (Å²) in [6.07, 6.45) is 3.93. The maximum atomic E-state index is 12.3. The third-order valence-electron chi connectivity index (χ3n) is 3.11. The van der Waals surface area contributed by atoms with Crippen LogP contribution in [0.4, 0.5) is 9.59 Å². The van der Waals surface area contributed by atoms with Gasteiger partial charge in [0.2, 0.25) is 6.35 Å². The van der Waals surface area contributed by atoms with Crippen LogP contribution in [0.15, 0.2) is 25.3 Å². The number of aliphatic hydroxyl groups is 1. The Hall–Kier alpha value is -1.82. The average Bonchev–Trinajstić information content (AvgIpc) is 2.43. The predicted octanol–water partition coefficient (Wildman–Crippen LogP) is 1.98. The molecule has 0 aliphatic carbocycles. The van der Waals surface area contributed by atoms with Gasteiger partial charge in [0.25, 0.3) is 0 Å². The molecule has 1 fully saturated rings. The van der Waals surface area contributed by atoms with Gasteiger partial charge < -0.3 is 5.11 Å². The van der Waals surface area contributed by atoms with Crippen LogP contribution in [0.1, 0.15) is 26.2 Å². The van der Waals surface area contributed by atoms with Crippen LogP contribution < -0.4 is 0 Å². The van der Waals surface area contributed by atoms with Crippen molar-refractivity contribution in [3.63, 3.8) is 0 Å². The number of urea groups is 2. The molecular formula is C14H23N3O3. The standard InChI is InChI=1S/C14H23N3O3/c1-4-7-10-16-12(18)15(9-6-3)13(19)17(14(16)20)11-8-5-2/h4-5,12,18H,1-2,6-11H2,3H3. The van der Waals surface area contributed by atoms with Gasteiger partial charge in [-0.05, 0) is 19.3 Å². The lowest BCUT2D eigenvalue weighted by Gasteiger charge is -2.44. The first kappa shape index (κ1) is 16.2. The Balaban J connectivity index is 2.94. The van der Waals surface area contributed by atoms with Crippen molar-refractivity contribution in [2.24, 2.45) is 0 Å². The second-order valence-corrected chi connectivity index (χ2v) is 4.60. The Morgan fingerprint density at radius 2 is 1.55 bits per heavy atom. The van der Waals surface area contributed by atoms with Gasteiger partial charge in [0.05, 0.1) is 0 Å². The van der Waals surface area contributed by atoms with E-state index in [2.05, 4.69) is 13.2 Å². The molecule has 0 spiro atoms. The van der Waals surface area contributed by atoms with Gasteiger partial charge in [-0.1, -0.05) is 19.1 Å². The van der Waals surface area contributed by atoms with Crippen LogP contribution in [0.2, 0.25) is 0 Å². The third-order valence-corrected chi connectivity index (χ3v) is 3.11. The van der Waals surface area contributed by atoms with Crippen molar-refractivity contribution in [3.05, 3.63) is 25.3 Å². The summed E-state index contributed by atoms with van der Waals surface area (Å²) in [5.74, 6) is 0. The largest absolute Gasteiger partial charge is 0.356 e. The second-order valence-electron chi connectivity index (χ2n) is 4.60. The molecule has 1 rings (SSSR count). The van der Waals surface area contributed by atoms with Gasteiger partial charge in [0.15, 0.2) is 0 Å². The molecule has 0 radical (unpaired) electrons. The zero-order valence-corrected chi connectivity index (χ0v) is 12.0. The fourth-order valence-electron chi connectivity index (χ4n) is 2.06. The van der Waals surface area contributed by atoms with Crippen LogP contribution in [-0.4, -0.2) is 57.9 Å². The number of hydrogen-bond donors (Lipinski definition) is 1. The van der Waals surface area contributed by atoms with Gasteiger partial charge in [0, 0.05) is 19.6 Å². The van der Waals surface area contributed by atoms with Gasteiger partial charge in [0.1, 0.15) is 0 Å².